The van der Waals surface area contributed by atoms with E-state index in [2.05, 4.69) is 25.3 Å². The molecule has 0 saturated heterocycles. The summed E-state index contributed by atoms with van der Waals surface area (Å²) in [6, 6.07) is 0. The van der Waals surface area contributed by atoms with E-state index in [1.807, 2.05) is 0 Å². The van der Waals surface area contributed by atoms with Crippen LogP contribution in [-0.2, 0) is 0 Å². The van der Waals surface area contributed by atoms with Gasteiger partial charge in [-0.2, -0.15) is 0 Å². The van der Waals surface area contributed by atoms with Crippen LogP contribution in [-0.4, -0.2) is 27.0 Å². The molecule has 2 aromatic rings. The van der Waals surface area contributed by atoms with Crippen molar-refractivity contribution in [2.24, 2.45) is 0 Å². The number of anilines is 1. The monoisotopic (exact) mass is 187 g/mol. The maximum atomic E-state index is 4.29. The van der Waals surface area contributed by atoms with E-state index < -0.39 is 0 Å². The molecule has 2 heterocycles. The number of aromatic nitrogens is 4. The van der Waals surface area contributed by atoms with Crippen LogP contribution in [0.4, 0.5) is 5.82 Å². The molecule has 0 aromatic carbocycles. The van der Waals surface area contributed by atoms with Gasteiger partial charge < -0.3 is 5.32 Å². The number of rotatable bonds is 2. The summed E-state index contributed by atoms with van der Waals surface area (Å²) in [5.41, 5.74) is 1.43. The molecule has 70 valence electrons. The van der Waals surface area contributed by atoms with Crippen LogP contribution in [0.1, 0.15) is 0 Å². The van der Waals surface area contributed by atoms with Crippen LogP contribution in [0.5, 0.6) is 0 Å². The summed E-state index contributed by atoms with van der Waals surface area (Å²) in [4.78, 5) is 16.4. The molecule has 0 spiro atoms. The maximum Gasteiger partial charge on any atom is 0.145 e. The lowest BCUT2D eigenvalue weighted by Crippen LogP contribution is -1.96. The molecule has 0 unspecified atom stereocenters. The zero-order valence-corrected chi connectivity index (χ0v) is 7.68. The van der Waals surface area contributed by atoms with Crippen LogP contribution in [0.15, 0.2) is 31.0 Å². The lowest BCUT2D eigenvalue weighted by molar-refractivity contribution is 1.14. The fraction of sp³-hybridized carbons (Fsp3) is 0.111. The van der Waals surface area contributed by atoms with Gasteiger partial charge in [0.15, 0.2) is 0 Å². The minimum Gasteiger partial charge on any atom is -0.372 e. The van der Waals surface area contributed by atoms with Crippen molar-refractivity contribution in [1.82, 2.24) is 19.9 Å². The first-order valence-electron chi connectivity index (χ1n) is 4.16. The zero-order chi connectivity index (χ0) is 9.80. The highest BCUT2D eigenvalue weighted by Crippen LogP contribution is 2.12. The highest BCUT2D eigenvalue weighted by atomic mass is 15.0. The van der Waals surface area contributed by atoms with Gasteiger partial charge in [0.05, 0.1) is 18.6 Å². The lowest BCUT2D eigenvalue weighted by Gasteiger charge is -2.01. The van der Waals surface area contributed by atoms with Crippen LogP contribution in [0, 0.1) is 0 Å². The third kappa shape index (κ3) is 1.66. The molecule has 2 rings (SSSR count). The third-order valence-electron chi connectivity index (χ3n) is 1.72. The minimum absolute atomic E-state index is 0.713. The molecule has 0 aliphatic heterocycles. The van der Waals surface area contributed by atoms with Gasteiger partial charge in [-0.05, 0) is 0 Å². The van der Waals surface area contributed by atoms with E-state index in [0.717, 1.165) is 5.69 Å². The summed E-state index contributed by atoms with van der Waals surface area (Å²) in [5.74, 6) is 0.716. The number of nitrogens with one attached hydrogen (secondary N) is 1. The van der Waals surface area contributed by atoms with Crippen LogP contribution in [0.25, 0.3) is 11.4 Å². The topological polar surface area (TPSA) is 63.6 Å². The number of nitrogens with zero attached hydrogens (tertiary/aromatic N) is 4. The molecule has 2 aromatic heterocycles. The molecule has 0 atom stereocenters. The SMILES string of the molecule is CNc1cncc(-c2cnccn2)n1. The van der Waals surface area contributed by atoms with E-state index in [1.54, 1.807) is 38.0 Å². The largest absolute Gasteiger partial charge is 0.372 e. The average Bonchev–Trinajstić information content (AvgIpc) is 2.30. The van der Waals surface area contributed by atoms with Crippen LogP contribution >= 0.6 is 0 Å². The summed E-state index contributed by atoms with van der Waals surface area (Å²) >= 11 is 0. The summed E-state index contributed by atoms with van der Waals surface area (Å²) in [7, 11) is 1.80. The summed E-state index contributed by atoms with van der Waals surface area (Å²) in [5, 5.41) is 2.92. The molecule has 5 heteroatoms. The highest BCUT2D eigenvalue weighted by molar-refractivity contribution is 5.53. The van der Waals surface area contributed by atoms with Crippen molar-refractivity contribution >= 4 is 5.82 Å². The molecular weight excluding hydrogens is 178 g/mol. The Hall–Kier alpha value is -2.04. The minimum atomic E-state index is 0.713. The standard InChI is InChI=1S/C9H9N5/c1-10-9-6-12-5-8(14-9)7-4-11-2-3-13-7/h2-6H,1H3,(H,10,14). The third-order valence-corrected chi connectivity index (χ3v) is 1.72. The van der Waals surface area contributed by atoms with Crippen molar-refractivity contribution in [2.75, 3.05) is 12.4 Å². The first-order chi connectivity index (χ1) is 6.90. The van der Waals surface area contributed by atoms with Crippen molar-refractivity contribution in [1.29, 1.82) is 0 Å². The number of hydrogen-bond acceptors (Lipinski definition) is 5. The Bertz CT molecular complexity index is 415. The van der Waals surface area contributed by atoms with Gasteiger partial charge in [-0.3, -0.25) is 15.0 Å². The summed E-state index contributed by atoms with van der Waals surface area (Å²) in [6.07, 6.45) is 8.22. The molecule has 0 aliphatic carbocycles. The molecule has 1 N–H and O–H groups in total. The van der Waals surface area contributed by atoms with Crippen LogP contribution in [0.3, 0.4) is 0 Å². The van der Waals surface area contributed by atoms with E-state index >= 15 is 0 Å². The molecule has 5 nitrogen and oxygen atoms in total. The predicted octanol–water partition coefficient (Wildman–Crippen LogP) is 0.975. The van der Waals surface area contributed by atoms with Crippen LogP contribution < -0.4 is 5.32 Å². The normalized spacial score (nSPS) is 9.79. The molecule has 0 aliphatic rings. The van der Waals surface area contributed by atoms with Gasteiger partial charge in [0.2, 0.25) is 0 Å². The Kier molecular flexibility index (Phi) is 2.31. The van der Waals surface area contributed by atoms with Gasteiger partial charge in [-0.1, -0.05) is 0 Å². The second-order valence-corrected chi connectivity index (χ2v) is 2.63. The Morgan fingerprint density at radius 2 is 1.86 bits per heavy atom. The van der Waals surface area contributed by atoms with E-state index in [9.17, 15) is 0 Å². The predicted molar refractivity (Wildman–Crippen MR) is 52.6 cm³/mol. The Labute approximate surface area is 81.3 Å². The Morgan fingerprint density at radius 1 is 1.00 bits per heavy atom. The first-order valence-corrected chi connectivity index (χ1v) is 4.16. The van der Waals surface area contributed by atoms with Crippen LogP contribution in [0.2, 0.25) is 0 Å². The fourth-order valence-electron chi connectivity index (χ4n) is 1.04. The Balaban J connectivity index is 2.42. The molecular formula is C9H9N5. The molecule has 0 bridgehead atoms. The molecule has 0 fully saturated rings. The molecule has 0 saturated carbocycles. The van der Waals surface area contributed by atoms with E-state index in [0.29, 0.717) is 11.5 Å². The smallest absolute Gasteiger partial charge is 0.145 e. The van der Waals surface area contributed by atoms with Gasteiger partial charge in [-0.25, -0.2) is 4.98 Å². The summed E-state index contributed by atoms with van der Waals surface area (Å²) in [6.45, 7) is 0. The summed E-state index contributed by atoms with van der Waals surface area (Å²) < 4.78 is 0. The van der Waals surface area contributed by atoms with Crippen molar-refractivity contribution in [2.45, 2.75) is 0 Å². The molecule has 0 amide bonds. The van der Waals surface area contributed by atoms with Gasteiger partial charge in [0.1, 0.15) is 17.2 Å². The maximum absolute atomic E-state index is 4.29. The molecule has 14 heavy (non-hydrogen) atoms. The van der Waals surface area contributed by atoms with Gasteiger partial charge in [0, 0.05) is 19.4 Å². The van der Waals surface area contributed by atoms with Crippen molar-refractivity contribution in [3.05, 3.63) is 31.0 Å². The lowest BCUT2D eigenvalue weighted by atomic mass is 10.3. The van der Waals surface area contributed by atoms with Gasteiger partial charge in [0.25, 0.3) is 0 Å². The van der Waals surface area contributed by atoms with E-state index in [1.165, 1.54) is 0 Å². The van der Waals surface area contributed by atoms with Crippen molar-refractivity contribution in [3.63, 3.8) is 0 Å². The van der Waals surface area contributed by atoms with Gasteiger partial charge >= 0.3 is 0 Å². The fourth-order valence-corrected chi connectivity index (χ4v) is 1.04. The van der Waals surface area contributed by atoms with E-state index in [-0.39, 0.29) is 0 Å². The van der Waals surface area contributed by atoms with Gasteiger partial charge in [-0.15, -0.1) is 0 Å². The first kappa shape index (κ1) is 8.55. The average molecular weight is 187 g/mol. The van der Waals surface area contributed by atoms with Crippen molar-refractivity contribution in [3.8, 4) is 11.4 Å². The zero-order valence-electron chi connectivity index (χ0n) is 7.68. The number of hydrogen-bond donors (Lipinski definition) is 1. The molecule has 0 radical (unpaired) electrons. The quantitative estimate of drug-likeness (QED) is 0.759. The second-order valence-electron chi connectivity index (χ2n) is 2.63. The van der Waals surface area contributed by atoms with E-state index in [4.69, 9.17) is 0 Å². The van der Waals surface area contributed by atoms with Crippen molar-refractivity contribution < 1.29 is 0 Å². The Morgan fingerprint density at radius 3 is 2.57 bits per heavy atom. The second kappa shape index (κ2) is 3.78. The highest BCUT2D eigenvalue weighted by Gasteiger charge is 2.01.